The van der Waals surface area contributed by atoms with E-state index in [2.05, 4.69) is 5.32 Å². The molecule has 0 aromatic heterocycles. The second-order valence-electron chi connectivity index (χ2n) is 7.32. The van der Waals surface area contributed by atoms with Gasteiger partial charge in [0.1, 0.15) is 11.9 Å². The summed E-state index contributed by atoms with van der Waals surface area (Å²) < 4.78 is 58.2. The van der Waals surface area contributed by atoms with Crippen molar-refractivity contribution in [3.05, 3.63) is 34.6 Å². The molecule has 0 unspecified atom stereocenters. The van der Waals surface area contributed by atoms with Gasteiger partial charge in [-0.1, -0.05) is 17.7 Å². The van der Waals surface area contributed by atoms with Gasteiger partial charge in [0.15, 0.2) is 0 Å². The molecule has 10 heteroatoms. The lowest BCUT2D eigenvalue weighted by molar-refractivity contribution is -0.166. The van der Waals surface area contributed by atoms with Gasteiger partial charge < -0.3 is 10.1 Å². The maximum absolute atomic E-state index is 14.5. The van der Waals surface area contributed by atoms with Crippen LogP contribution in [0.5, 0.6) is 0 Å². The lowest BCUT2D eigenvalue weighted by Gasteiger charge is -2.35. The molecule has 1 aromatic carbocycles. The minimum Gasteiger partial charge on any atom is -0.378 e. The molecule has 1 amide bonds. The lowest BCUT2D eigenvalue weighted by atomic mass is 10.0. The second kappa shape index (κ2) is 9.59. The molecule has 2 aliphatic heterocycles. The fraction of sp³-hybridized carbons (Fsp3) is 0.632. The molecule has 0 spiro atoms. The minimum absolute atomic E-state index is 0.0201. The van der Waals surface area contributed by atoms with Crippen LogP contribution >= 0.6 is 11.6 Å². The first-order valence-electron chi connectivity index (χ1n) is 9.60. The van der Waals surface area contributed by atoms with Crippen LogP contribution in [0.25, 0.3) is 0 Å². The Morgan fingerprint density at radius 2 is 2.00 bits per heavy atom. The maximum atomic E-state index is 14.5. The van der Waals surface area contributed by atoms with Crippen molar-refractivity contribution in [2.24, 2.45) is 0 Å². The molecule has 3 rings (SSSR count). The van der Waals surface area contributed by atoms with Crippen LogP contribution in [0.2, 0.25) is 5.02 Å². The van der Waals surface area contributed by atoms with Gasteiger partial charge in [0.05, 0.1) is 25.8 Å². The number of carbonyl (C=O) groups excluding carboxylic acids is 1. The summed E-state index contributed by atoms with van der Waals surface area (Å²) in [6, 6.07) is 2.88. The van der Waals surface area contributed by atoms with Gasteiger partial charge in [-0.25, -0.2) is 4.39 Å². The van der Waals surface area contributed by atoms with E-state index in [-0.39, 0.29) is 31.3 Å². The van der Waals surface area contributed by atoms with E-state index in [0.29, 0.717) is 5.56 Å². The molecule has 162 valence electrons. The fourth-order valence-corrected chi connectivity index (χ4v) is 4.20. The van der Waals surface area contributed by atoms with E-state index < -0.39 is 36.5 Å². The van der Waals surface area contributed by atoms with E-state index in [1.54, 1.807) is 6.07 Å². The Hall–Kier alpha value is -1.42. The number of halogens is 5. The van der Waals surface area contributed by atoms with Crippen molar-refractivity contribution in [3.63, 3.8) is 0 Å². The van der Waals surface area contributed by atoms with Crippen molar-refractivity contribution in [1.82, 2.24) is 15.1 Å². The highest BCUT2D eigenvalue weighted by Crippen LogP contribution is 2.32. The monoisotopic (exact) mass is 437 g/mol. The van der Waals surface area contributed by atoms with Gasteiger partial charge in [-0.05, 0) is 38.1 Å². The molecule has 5 nitrogen and oxygen atoms in total. The Morgan fingerprint density at radius 3 is 2.66 bits per heavy atom. The third kappa shape index (κ3) is 5.81. The number of alkyl halides is 3. The van der Waals surface area contributed by atoms with Crippen molar-refractivity contribution in [2.75, 3.05) is 45.9 Å². The van der Waals surface area contributed by atoms with E-state index in [0.717, 1.165) is 30.8 Å². The van der Waals surface area contributed by atoms with Gasteiger partial charge >= 0.3 is 6.18 Å². The molecule has 2 fully saturated rings. The average molecular weight is 438 g/mol. The first-order valence-corrected chi connectivity index (χ1v) is 9.98. The fourth-order valence-electron chi connectivity index (χ4n) is 3.91. The molecule has 2 saturated heterocycles. The number of ether oxygens (including phenoxy) is 1. The second-order valence-corrected chi connectivity index (χ2v) is 7.72. The van der Waals surface area contributed by atoms with E-state index in [1.165, 1.54) is 12.1 Å². The van der Waals surface area contributed by atoms with Gasteiger partial charge in [-0.3, -0.25) is 14.6 Å². The predicted octanol–water partition coefficient (Wildman–Crippen LogP) is 3.00. The Balaban J connectivity index is 1.72. The zero-order valence-corrected chi connectivity index (χ0v) is 16.6. The summed E-state index contributed by atoms with van der Waals surface area (Å²) in [5, 5.41) is 2.96. The first-order chi connectivity index (χ1) is 13.8. The normalized spacial score (nSPS) is 22.6. The molecule has 1 aromatic rings. The zero-order chi connectivity index (χ0) is 21.0. The van der Waals surface area contributed by atoms with Gasteiger partial charge in [0.25, 0.3) is 0 Å². The highest BCUT2D eigenvalue weighted by atomic mass is 35.5. The number of hydrogen-bond donors (Lipinski definition) is 1. The Bertz CT molecular complexity index is 693. The van der Waals surface area contributed by atoms with Crippen molar-refractivity contribution in [3.8, 4) is 0 Å². The van der Waals surface area contributed by atoms with Gasteiger partial charge in [0, 0.05) is 23.7 Å². The third-order valence-corrected chi connectivity index (χ3v) is 5.64. The Kier molecular flexibility index (Phi) is 7.37. The summed E-state index contributed by atoms with van der Waals surface area (Å²) in [5.74, 6) is -1.03. The van der Waals surface area contributed by atoms with Crippen LogP contribution < -0.4 is 5.32 Å². The van der Waals surface area contributed by atoms with Crippen LogP contribution in [0.4, 0.5) is 17.6 Å². The summed E-state index contributed by atoms with van der Waals surface area (Å²) in [7, 11) is 0. The lowest BCUT2D eigenvalue weighted by Crippen LogP contribution is -2.56. The topological polar surface area (TPSA) is 44.8 Å². The number of nitrogens with zero attached hydrogens (tertiary/aromatic N) is 2. The Morgan fingerprint density at radius 1 is 1.28 bits per heavy atom. The zero-order valence-electron chi connectivity index (χ0n) is 15.9. The van der Waals surface area contributed by atoms with Crippen molar-refractivity contribution in [2.45, 2.75) is 31.1 Å². The minimum atomic E-state index is -4.41. The van der Waals surface area contributed by atoms with Crippen LogP contribution in [-0.2, 0) is 9.53 Å². The summed E-state index contributed by atoms with van der Waals surface area (Å²) in [5.41, 5.74) is 0.295. The molecular formula is C19H24ClF4N3O2. The number of nitrogens with one attached hydrogen (secondary N) is 1. The van der Waals surface area contributed by atoms with Crippen LogP contribution in [0.3, 0.4) is 0 Å². The number of likely N-dealkylation sites (tertiary alicyclic amines) is 1. The first kappa shape index (κ1) is 22.3. The van der Waals surface area contributed by atoms with Crippen molar-refractivity contribution >= 4 is 17.5 Å². The van der Waals surface area contributed by atoms with Gasteiger partial charge in [-0.2, -0.15) is 13.2 Å². The van der Waals surface area contributed by atoms with Crippen molar-refractivity contribution in [1.29, 1.82) is 0 Å². The smallest absolute Gasteiger partial charge is 0.378 e. The van der Waals surface area contributed by atoms with Crippen molar-refractivity contribution < 1.29 is 27.1 Å². The van der Waals surface area contributed by atoms with E-state index in [4.69, 9.17) is 16.3 Å². The molecule has 0 saturated carbocycles. The molecule has 0 bridgehead atoms. The summed E-state index contributed by atoms with van der Waals surface area (Å²) >= 11 is 6.23. The summed E-state index contributed by atoms with van der Waals surface area (Å²) in [6.07, 6.45) is -2.51. The SMILES string of the molecule is O=C(NC[C@@H](c1c(F)cccc1Cl)N1CCCC1)[C@H]1COCCN1CC(F)(F)F. The molecule has 1 N–H and O–H groups in total. The summed E-state index contributed by atoms with van der Waals surface area (Å²) in [6.45, 7) is 0.388. The molecule has 0 aliphatic carbocycles. The number of hydrogen-bond acceptors (Lipinski definition) is 4. The predicted molar refractivity (Wildman–Crippen MR) is 100 cm³/mol. The number of morpholine rings is 1. The molecular weight excluding hydrogens is 414 g/mol. The Labute approximate surface area is 171 Å². The number of carbonyl (C=O) groups is 1. The standard InChI is InChI=1S/C19H24ClF4N3O2/c20-13-4-3-5-14(21)17(13)15(26-6-1-2-7-26)10-25-18(28)16-11-29-9-8-27(16)12-19(22,23)24/h3-5,15-16H,1-2,6-12H2,(H,25,28)/t15-,16+/m0/s1. The van der Waals surface area contributed by atoms with Crippen LogP contribution in [0.15, 0.2) is 18.2 Å². The quantitative estimate of drug-likeness (QED) is 0.695. The number of amides is 1. The highest BCUT2D eigenvalue weighted by molar-refractivity contribution is 6.31. The van der Waals surface area contributed by atoms with Crippen LogP contribution in [0.1, 0.15) is 24.4 Å². The van der Waals surface area contributed by atoms with Crippen LogP contribution in [-0.4, -0.2) is 73.9 Å². The molecule has 2 aliphatic rings. The molecule has 2 atom stereocenters. The van der Waals surface area contributed by atoms with Gasteiger partial charge in [0.2, 0.25) is 5.91 Å². The van der Waals surface area contributed by atoms with E-state index in [1.807, 2.05) is 4.90 Å². The van der Waals surface area contributed by atoms with Gasteiger partial charge in [-0.15, -0.1) is 0 Å². The number of benzene rings is 1. The highest BCUT2D eigenvalue weighted by Gasteiger charge is 2.38. The molecule has 29 heavy (non-hydrogen) atoms. The maximum Gasteiger partial charge on any atom is 0.401 e. The molecule has 2 heterocycles. The van der Waals surface area contributed by atoms with E-state index >= 15 is 0 Å². The average Bonchev–Trinajstić information content (AvgIpc) is 3.17. The third-order valence-electron chi connectivity index (χ3n) is 5.31. The number of rotatable bonds is 6. The largest absolute Gasteiger partial charge is 0.401 e. The molecule has 0 radical (unpaired) electrons. The summed E-state index contributed by atoms with van der Waals surface area (Å²) in [4.78, 5) is 15.8. The van der Waals surface area contributed by atoms with Crippen LogP contribution in [0, 0.1) is 5.82 Å². The van der Waals surface area contributed by atoms with E-state index in [9.17, 15) is 22.4 Å².